The number of thioether (sulfide) groups is 1. The van der Waals surface area contributed by atoms with E-state index in [-0.39, 0.29) is 17.2 Å². The van der Waals surface area contributed by atoms with E-state index in [0.717, 1.165) is 17.1 Å². The van der Waals surface area contributed by atoms with Crippen LogP contribution in [0.1, 0.15) is 31.9 Å². The fourth-order valence-corrected chi connectivity index (χ4v) is 3.57. The number of aryl methyl sites for hydroxylation is 2. The van der Waals surface area contributed by atoms with E-state index in [1.54, 1.807) is 0 Å². The lowest BCUT2D eigenvalue weighted by Gasteiger charge is -2.20. The molecule has 0 aliphatic carbocycles. The molecule has 2 aromatic carbocycles. The Hall–Kier alpha value is -2.60. The molecule has 0 saturated heterocycles. The molecule has 0 fully saturated rings. The second kappa shape index (κ2) is 8.19. The van der Waals surface area contributed by atoms with Crippen LogP contribution in [0.5, 0.6) is 0 Å². The molecule has 1 amide bonds. The fraction of sp³-hybridized carbons (Fsp3) is 0.318. The Kier molecular flexibility index (Phi) is 5.89. The Labute approximate surface area is 170 Å². The van der Waals surface area contributed by atoms with Crippen molar-refractivity contribution in [3.05, 3.63) is 59.7 Å². The molecule has 0 unspecified atom stereocenters. The average Bonchev–Trinajstić information content (AvgIpc) is 3.05. The van der Waals surface area contributed by atoms with Crippen molar-refractivity contribution in [2.75, 3.05) is 5.75 Å². The molecule has 0 atom stereocenters. The van der Waals surface area contributed by atoms with E-state index in [1.165, 1.54) is 22.9 Å². The van der Waals surface area contributed by atoms with Crippen molar-refractivity contribution in [3.63, 3.8) is 0 Å². The van der Waals surface area contributed by atoms with Gasteiger partial charge in [0.2, 0.25) is 5.91 Å². The number of amides is 1. The molecular weight excluding hydrogens is 368 g/mol. The number of nitrogens with zero attached hydrogens (tertiary/aromatic N) is 3. The highest BCUT2D eigenvalue weighted by atomic mass is 32.2. The van der Waals surface area contributed by atoms with Gasteiger partial charge >= 0.3 is 0 Å². The summed E-state index contributed by atoms with van der Waals surface area (Å²) in [6, 6.07) is 16.3. The smallest absolute Gasteiger partial charge is 0.230 e. The zero-order chi connectivity index (χ0) is 20.3. The maximum atomic E-state index is 12.3. The summed E-state index contributed by atoms with van der Waals surface area (Å²) in [5.74, 6) is 1.03. The third-order valence-corrected chi connectivity index (χ3v) is 5.19. The van der Waals surface area contributed by atoms with Gasteiger partial charge in [-0.2, -0.15) is 0 Å². The largest absolute Gasteiger partial charge is 0.351 e. The molecule has 1 heterocycles. The Morgan fingerprint density at radius 1 is 1.04 bits per heavy atom. The molecule has 3 rings (SSSR count). The first-order valence-electron chi connectivity index (χ1n) is 9.27. The summed E-state index contributed by atoms with van der Waals surface area (Å²) < 4.78 is 2.02. The van der Waals surface area contributed by atoms with Gasteiger partial charge in [-0.15, -0.1) is 10.2 Å². The minimum Gasteiger partial charge on any atom is -0.351 e. The van der Waals surface area contributed by atoms with E-state index < -0.39 is 0 Å². The van der Waals surface area contributed by atoms with Crippen LogP contribution in [-0.4, -0.2) is 32.0 Å². The van der Waals surface area contributed by atoms with Crippen LogP contribution in [0.4, 0.5) is 0 Å². The first kappa shape index (κ1) is 20.1. The topological polar surface area (TPSA) is 59.8 Å². The van der Waals surface area contributed by atoms with Gasteiger partial charge in [-0.3, -0.25) is 9.36 Å². The number of hydrogen-bond acceptors (Lipinski definition) is 4. The summed E-state index contributed by atoms with van der Waals surface area (Å²) >= 11 is 1.39. The first-order chi connectivity index (χ1) is 13.2. The van der Waals surface area contributed by atoms with Gasteiger partial charge in [0.05, 0.1) is 11.4 Å². The third kappa shape index (κ3) is 4.81. The molecule has 6 heteroatoms. The van der Waals surface area contributed by atoms with E-state index in [2.05, 4.69) is 47.6 Å². The van der Waals surface area contributed by atoms with E-state index in [4.69, 9.17) is 0 Å². The lowest BCUT2D eigenvalue weighted by molar-refractivity contribution is -0.119. The van der Waals surface area contributed by atoms with Gasteiger partial charge in [0.15, 0.2) is 11.0 Å². The summed E-state index contributed by atoms with van der Waals surface area (Å²) in [5.41, 5.74) is 4.16. The van der Waals surface area contributed by atoms with Gasteiger partial charge in [0, 0.05) is 11.1 Å². The minimum atomic E-state index is -0.255. The predicted molar refractivity (Wildman–Crippen MR) is 115 cm³/mol. The quantitative estimate of drug-likeness (QED) is 0.645. The van der Waals surface area contributed by atoms with Crippen molar-refractivity contribution in [1.29, 1.82) is 0 Å². The summed E-state index contributed by atoms with van der Waals surface area (Å²) in [5, 5.41) is 12.5. The van der Waals surface area contributed by atoms with Crippen LogP contribution >= 0.6 is 11.8 Å². The molecule has 0 radical (unpaired) electrons. The number of benzene rings is 2. The van der Waals surface area contributed by atoms with Crippen LogP contribution in [0.2, 0.25) is 0 Å². The Balaban J connectivity index is 1.97. The SMILES string of the molecule is Cc1ccc(-n2c(SCC(=O)NC(C)(C)C)nnc2-c2ccccc2)cc1C. The number of carbonyl (C=O) groups excluding carboxylic acids is 1. The van der Waals surface area contributed by atoms with Gasteiger partial charge in [-0.1, -0.05) is 48.2 Å². The summed E-state index contributed by atoms with van der Waals surface area (Å²) in [6.45, 7) is 10.1. The Morgan fingerprint density at radius 2 is 1.75 bits per heavy atom. The normalized spacial score (nSPS) is 11.5. The second-order valence-corrected chi connectivity index (χ2v) is 8.81. The molecule has 3 aromatic rings. The van der Waals surface area contributed by atoms with Gasteiger partial charge < -0.3 is 5.32 Å². The molecular formula is C22H26N4OS. The molecule has 28 heavy (non-hydrogen) atoms. The average molecular weight is 395 g/mol. The molecule has 146 valence electrons. The van der Waals surface area contributed by atoms with Gasteiger partial charge in [0.25, 0.3) is 0 Å². The molecule has 5 nitrogen and oxygen atoms in total. The van der Waals surface area contributed by atoms with Crippen LogP contribution < -0.4 is 5.32 Å². The maximum Gasteiger partial charge on any atom is 0.230 e. The van der Waals surface area contributed by atoms with Crippen LogP contribution in [0, 0.1) is 13.8 Å². The number of carbonyl (C=O) groups is 1. The molecule has 0 aliphatic heterocycles. The van der Waals surface area contributed by atoms with Gasteiger partial charge in [-0.05, 0) is 57.9 Å². The fourth-order valence-electron chi connectivity index (χ4n) is 2.82. The monoisotopic (exact) mass is 394 g/mol. The highest BCUT2D eigenvalue weighted by Gasteiger charge is 2.19. The Bertz CT molecular complexity index is 974. The molecule has 0 spiro atoms. The highest BCUT2D eigenvalue weighted by Crippen LogP contribution is 2.28. The lowest BCUT2D eigenvalue weighted by Crippen LogP contribution is -2.41. The molecule has 0 aliphatic rings. The van der Waals surface area contributed by atoms with Crippen molar-refractivity contribution < 1.29 is 4.79 Å². The molecule has 1 N–H and O–H groups in total. The zero-order valence-electron chi connectivity index (χ0n) is 17.0. The van der Waals surface area contributed by atoms with E-state index in [1.807, 2.05) is 55.7 Å². The van der Waals surface area contributed by atoms with Crippen molar-refractivity contribution in [1.82, 2.24) is 20.1 Å². The van der Waals surface area contributed by atoms with Crippen molar-refractivity contribution >= 4 is 17.7 Å². The highest BCUT2D eigenvalue weighted by molar-refractivity contribution is 7.99. The summed E-state index contributed by atoms with van der Waals surface area (Å²) in [7, 11) is 0. The first-order valence-corrected chi connectivity index (χ1v) is 10.3. The van der Waals surface area contributed by atoms with Gasteiger partial charge in [0.1, 0.15) is 0 Å². The van der Waals surface area contributed by atoms with Crippen molar-refractivity contribution in [3.8, 4) is 17.1 Å². The third-order valence-electron chi connectivity index (χ3n) is 4.26. The van der Waals surface area contributed by atoms with E-state index >= 15 is 0 Å². The predicted octanol–water partition coefficient (Wildman–Crippen LogP) is 4.56. The number of rotatable bonds is 5. The maximum absolute atomic E-state index is 12.3. The minimum absolute atomic E-state index is 0.0200. The summed E-state index contributed by atoms with van der Waals surface area (Å²) in [6.07, 6.45) is 0. The van der Waals surface area contributed by atoms with Crippen LogP contribution in [0.15, 0.2) is 53.7 Å². The van der Waals surface area contributed by atoms with Crippen molar-refractivity contribution in [2.24, 2.45) is 0 Å². The van der Waals surface area contributed by atoms with E-state index in [9.17, 15) is 4.79 Å². The van der Waals surface area contributed by atoms with Crippen LogP contribution in [0.25, 0.3) is 17.1 Å². The lowest BCUT2D eigenvalue weighted by atomic mass is 10.1. The number of nitrogens with one attached hydrogen (secondary N) is 1. The van der Waals surface area contributed by atoms with Gasteiger partial charge in [-0.25, -0.2) is 0 Å². The van der Waals surface area contributed by atoms with Crippen LogP contribution in [-0.2, 0) is 4.79 Å². The number of aromatic nitrogens is 3. The second-order valence-electron chi connectivity index (χ2n) is 7.86. The molecule has 0 saturated carbocycles. The molecule has 0 bridgehead atoms. The van der Waals surface area contributed by atoms with Crippen LogP contribution in [0.3, 0.4) is 0 Å². The van der Waals surface area contributed by atoms with E-state index in [0.29, 0.717) is 5.16 Å². The molecule has 1 aromatic heterocycles. The Morgan fingerprint density at radius 3 is 2.39 bits per heavy atom. The van der Waals surface area contributed by atoms with Crippen molar-refractivity contribution in [2.45, 2.75) is 45.3 Å². The zero-order valence-corrected chi connectivity index (χ0v) is 17.8. The number of hydrogen-bond donors (Lipinski definition) is 1. The summed E-state index contributed by atoms with van der Waals surface area (Å²) in [4.78, 5) is 12.3. The standard InChI is InChI=1S/C22H26N4OS/c1-15-11-12-18(13-16(15)2)26-20(17-9-7-6-8-10-17)24-25-21(26)28-14-19(27)23-22(3,4)5/h6-13H,14H2,1-5H3,(H,23,27).